The van der Waals surface area contributed by atoms with Crippen LogP contribution in [0.4, 0.5) is 28.4 Å². The van der Waals surface area contributed by atoms with E-state index < -0.39 is 0 Å². The van der Waals surface area contributed by atoms with Gasteiger partial charge in [-0.25, -0.2) is 4.52 Å². The van der Waals surface area contributed by atoms with Crippen LogP contribution in [0.25, 0.3) is 71.7 Å². The molecule has 2 atom stereocenters. The summed E-state index contributed by atoms with van der Waals surface area (Å²) in [4.78, 5) is 4.97. The Bertz CT molecular complexity index is 4200. The Hall–Kier alpha value is -9.11. The van der Waals surface area contributed by atoms with Gasteiger partial charge in [0.1, 0.15) is 0 Å². The number of anilines is 5. The molecule has 1 saturated carbocycles. The van der Waals surface area contributed by atoms with Gasteiger partial charge in [-0.15, -0.1) is 0 Å². The lowest BCUT2D eigenvalue weighted by Gasteiger charge is -2.32. The van der Waals surface area contributed by atoms with Gasteiger partial charge in [0.2, 0.25) is 0 Å². The van der Waals surface area contributed by atoms with E-state index in [4.69, 9.17) is 5.10 Å². The summed E-state index contributed by atoms with van der Waals surface area (Å²) in [6.45, 7) is 2.27. The van der Waals surface area contributed by atoms with Crippen LogP contribution in [0.1, 0.15) is 79.2 Å². The molecule has 1 fully saturated rings. The van der Waals surface area contributed by atoms with Crippen LogP contribution in [0.5, 0.6) is 0 Å². The maximum Gasteiger partial charge on any atom is 0.0963 e. The average Bonchev–Trinajstić information content (AvgIpc) is 4.23. The highest BCUT2D eigenvalue weighted by Crippen LogP contribution is 2.51. The standard InChI is InChI=1S/C72H57N5/c1-48-71(73-77-70(51-17-5-2-6-18-51)47-55-19-11-12-24-61(55)72(48)77)52-33-41-60(42-34-52)74(58-37-29-49(30-38-58)53-35-43-68-64(45-53)62-25-13-15-27-66(62)75(68)56-20-7-3-8-21-56)59-39-31-50(32-40-59)54-36-44-69-65(46-54)63-26-14-16-28-67(63)76(69)57-22-9-4-10-23-57/h3,7-9,11-16,19-34,36-42,44-47,51,53,68H,2,5-6,17-18,35,43H2,1H3/t53-,68+/m1/s1. The van der Waals surface area contributed by atoms with Crippen molar-refractivity contribution in [2.75, 3.05) is 9.80 Å². The van der Waals surface area contributed by atoms with E-state index in [1.165, 1.54) is 121 Å². The van der Waals surface area contributed by atoms with E-state index in [0.29, 0.717) is 17.9 Å². The van der Waals surface area contributed by atoms with Gasteiger partial charge in [-0.05, 0) is 151 Å². The van der Waals surface area contributed by atoms with Gasteiger partial charge in [-0.2, -0.15) is 5.10 Å². The van der Waals surface area contributed by atoms with E-state index in [2.05, 4.69) is 250 Å². The molecule has 5 nitrogen and oxygen atoms in total. The molecule has 0 bridgehead atoms. The lowest BCUT2D eigenvalue weighted by atomic mass is 9.82. The fourth-order valence-corrected chi connectivity index (χ4v) is 13.5. The van der Waals surface area contributed by atoms with E-state index >= 15 is 0 Å². The van der Waals surface area contributed by atoms with Crippen LogP contribution < -0.4 is 9.80 Å². The minimum Gasteiger partial charge on any atom is -0.333 e. The molecule has 15 rings (SSSR count). The number of hydrogen-bond donors (Lipinski definition) is 0. The number of aryl methyl sites for hydroxylation is 1. The van der Waals surface area contributed by atoms with Crippen LogP contribution in [0, 0.1) is 19.1 Å². The van der Waals surface area contributed by atoms with Crippen molar-refractivity contribution in [3.05, 3.63) is 259 Å². The number of aromatic nitrogens is 3. The molecule has 3 aliphatic rings. The summed E-state index contributed by atoms with van der Waals surface area (Å²) in [6.07, 6.45) is 11.1. The van der Waals surface area contributed by atoms with Gasteiger partial charge in [0.25, 0.3) is 0 Å². The predicted molar refractivity (Wildman–Crippen MR) is 320 cm³/mol. The molecule has 0 saturated heterocycles. The van der Waals surface area contributed by atoms with Crippen molar-refractivity contribution in [1.29, 1.82) is 0 Å². The molecule has 0 radical (unpaired) electrons. The van der Waals surface area contributed by atoms with Crippen LogP contribution in [0.2, 0.25) is 0 Å². The number of pyridine rings is 1. The van der Waals surface area contributed by atoms with Gasteiger partial charge >= 0.3 is 0 Å². The van der Waals surface area contributed by atoms with E-state index in [1.807, 2.05) is 12.1 Å². The number of para-hydroxylation sites is 3. The average molecular weight is 992 g/mol. The summed E-state index contributed by atoms with van der Waals surface area (Å²) in [6, 6.07) is 87.0. The van der Waals surface area contributed by atoms with Crippen molar-refractivity contribution in [3.8, 4) is 28.1 Å². The summed E-state index contributed by atoms with van der Waals surface area (Å²) in [5.74, 6) is 0.849. The van der Waals surface area contributed by atoms with Crippen LogP contribution in [-0.4, -0.2) is 20.2 Å². The topological polar surface area (TPSA) is 28.7 Å². The van der Waals surface area contributed by atoms with Crippen molar-refractivity contribution >= 4 is 72.1 Å². The second kappa shape index (κ2) is 18.6. The first-order chi connectivity index (χ1) is 38.1. The molecule has 0 unspecified atom stereocenters. The van der Waals surface area contributed by atoms with Gasteiger partial charge in [-0.1, -0.05) is 159 Å². The molecule has 5 heteroatoms. The first-order valence-corrected chi connectivity index (χ1v) is 27.7. The summed E-state index contributed by atoms with van der Waals surface area (Å²) in [7, 11) is 0. The Morgan fingerprint density at radius 1 is 0.532 bits per heavy atom. The first kappa shape index (κ1) is 45.3. The summed E-state index contributed by atoms with van der Waals surface area (Å²) < 4.78 is 4.63. The maximum atomic E-state index is 5.49. The van der Waals surface area contributed by atoms with E-state index in [9.17, 15) is 0 Å². The zero-order valence-electron chi connectivity index (χ0n) is 43.3. The van der Waals surface area contributed by atoms with E-state index in [0.717, 1.165) is 46.8 Å². The Morgan fingerprint density at radius 3 is 1.99 bits per heavy atom. The normalized spacial score (nSPS) is 16.4. The molecule has 9 aromatic carbocycles. The molecule has 12 aromatic rings. The molecule has 1 aliphatic heterocycles. The lowest BCUT2D eigenvalue weighted by Crippen LogP contribution is -2.29. The minimum absolute atomic E-state index is 0.325. The number of nitrogens with zero attached hydrogens (tertiary/aromatic N) is 5. The number of benzene rings is 8. The van der Waals surface area contributed by atoms with E-state index in [-0.39, 0.29) is 0 Å². The molecule has 3 aromatic heterocycles. The molecule has 0 spiro atoms. The quantitative estimate of drug-likeness (QED) is 0.144. The molecule has 370 valence electrons. The second-order valence-electron chi connectivity index (χ2n) is 21.6. The molecular weight excluding hydrogens is 935 g/mol. The highest BCUT2D eigenvalue weighted by molar-refractivity contribution is 6.10. The third-order valence-electron chi connectivity index (χ3n) is 17.2. The van der Waals surface area contributed by atoms with Gasteiger partial charge in [0.05, 0.1) is 34.0 Å². The largest absolute Gasteiger partial charge is 0.333 e. The highest BCUT2D eigenvalue weighted by Gasteiger charge is 2.38. The van der Waals surface area contributed by atoms with Crippen LogP contribution in [0.3, 0.4) is 0 Å². The minimum atomic E-state index is 0.325. The van der Waals surface area contributed by atoms with Gasteiger partial charge in [0.15, 0.2) is 0 Å². The van der Waals surface area contributed by atoms with Crippen molar-refractivity contribution < 1.29 is 0 Å². The zero-order valence-corrected chi connectivity index (χ0v) is 43.3. The summed E-state index contributed by atoms with van der Waals surface area (Å²) in [5.41, 5.74) is 21.8. The van der Waals surface area contributed by atoms with Crippen molar-refractivity contribution in [2.24, 2.45) is 0 Å². The van der Waals surface area contributed by atoms with Crippen LogP contribution >= 0.6 is 0 Å². The monoisotopic (exact) mass is 991 g/mol. The summed E-state index contributed by atoms with van der Waals surface area (Å²) >= 11 is 0. The number of hydrogen-bond acceptors (Lipinski definition) is 3. The fourth-order valence-electron chi connectivity index (χ4n) is 13.5. The van der Waals surface area contributed by atoms with Crippen molar-refractivity contribution in [3.63, 3.8) is 0 Å². The van der Waals surface area contributed by atoms with Crippen LogP contribution in [0.15, 0.2) is 224 Å². The molecule has 77 heavy (non-hydrogen) atoms. The molecule has 4 heterocycles. The van der Waals surface area contributed by atoms with Crippen molar-refractivity contribution in [1.82, 2.24) is 14.2 Å². The fraction of sp³-hybridized carbons (Fsp3) is 0.153. The molecular formula is C72H57N5. The number of rotatable bonds is 9. The maximum absolute atomic E-state index is 5.49. The third kappa shape index (κ3) is 7.65. The van der Waals surface area contributed by atoms with E-state index in [1.54, 1.807) is 0 Å². The third-order valence-corrected chi connectivity index (χ3v) is 17.2. The Balaban J connectivity index is 0.800. The summed E-state index contributed by atoms with van der Waals surface area (Å²) in [5, 5.41) is 10.5. The van der Waals surface area contributed by atoms with Crippen molar-refractivity contribution in [2.45, 2.75) is 69.7 Å². The number of allylic oxidation sites excluding steroid dienone is 1. The predicted octanol–water partition coefficient (Wildman–Crippen LogP) is 18.8. The molecule has 2 aliphatic carbocycles. The Morgan fingerprint density at radius 2 is 1.21 bits per heavy atom. The smallest absolute Gasteiger partial charge is 0.0963 e. The second-order valence-corrected chi connectivity index (χ2v) is 21.6. The Kier molecular flexibility index (Phi) is 11.0. The highest BCUT2D eigenvalue weighted by atomic mass is 15.2. The molecule has 0 amide bonds. The van der Waals surface area contributed by atoms with Gasteiger partial charge in [-0.3, -0.25) is 0 Å². The first-order valence-electron chi connectivity index (χ1n) is 27.7. The molecule has 0 N–H and O–H groups in total. The van der Waals surface area contributed by atoms with Crippen LogP contribution in [-0.2, 0) is 0 Å². The zero-order chi connectivity index (χ0) is 51.0. The SMILES string of the molecule is Cc1c(-c2ccc(N(c3ccc(-c4ccc5c(c4)c4ccccc4n5-c4cc#ccc4)cc3)c3ccc([C@H]4C=C5c6ccccc6N(c6ccccc6)[C@H]5CC4)cc3)cc2)nn2c(C3CCCCC3)cc3ccccc3c12. The Labute approximate surface area is 450 Å². The van der Waals surface area contributed by atoms with Gasteiger partial charge < -0.3 is 14.4 Å². The lowest BCUT2D eigenvalue weighted by molar-refractivity contribution is 0.431. The van der Waals surface area contributed by atoms with Gasteiger partial charge in [0, 0.05) is 84.9 Å². The number of fused-ring (bicyclic) bond motifs is 9.